The molecule has 0 amide bonds. The van der Waals surface area contributed by atoms with Gasteiger partial charge in [-0.1, -0.05) is 49.1 Å². The van der Waals surface area contributed by atoms with Crippen molar-refractivity contribution >= 4 is 22.4 Å². The van der Waals surface area contributed by atoms with Crippen molar-refractivity contribution in [3.63, 3.8) is 0 Å². The highest BCUT2D eigenvalue weighted by Crippen LogP contribution is 2.30. The molecule has 3 aromatic heterocycles. The minimum absolute atomic E-state index is 0.222. The second-order valence-electron chi connectivity index (χ2n) is 9.71. The van der Waals surface area contributed by atoms with E-state index in [9.17, 15) is 4.79 Å². The van der Waals surface area contributed by atoms with Gasteiger partial charge in [0.1, 0.15) is 23.8 Å². The van der Waals surface area contributed by atoms with Crippen LogP contribution in [0.3, 0.4) is 0 Å². The van der Waals surface area contributed by atoms with Crippen LogP contribution in [0, 0.1) is 6.92 Å². The number of thiazole rings is 1. The van der Waals surface area contributed by atoms with Crippen molar-refractivity contribution in [3.8, 4) is 39.8 Å². The molecular weight excluding hydrogens is 546 g/mol. The number of aromatic nitrogens is 5. The molecule has 0 bridgehead atoms. The van der Waals surface area contributed by atoms with Gasteiger partial charge in [-0.25, -0.2) is 4.68 Å². The molecule has 6 rings (SSSR count). The zero-order valence-electron chi connectivity index (χ0n) is 23.4. The lowest BCUT2D eigenvalue weighted by molar-refractivity contribution is 0.317. The van der Waals surface area contributed by atoms with E-state index in [1.807, 2.05) is 96.7 Å². The Hall–Kier alpha value is -5.02. The second kappa shape index (κ2) is 11.8. The Labute approximate surface area is 246 Å². The van der Waals surface area contributed by atoms with Gasteiger partial charge in [0, 0.05) is 22.9 Å². The van der Waals surface area contributed by atoms with Gasteiger partial charge < -0.3 is 9.47 Å². The lowest BCUT2D eigenvalue weighted by atomic mass is 10.0. The molecule has 3 heterocycles. The number of hydrogen-bond acceptors (Lipinski definition) is 7. The molecule has 0 N–H and O–H groups in total. The fourth-order valence-electron chi connectivity index (χ4n) is 4.58. The molecule has 8 nitrogen and oxygen atoms in total. The fourth-order valence-corrected chi connectivity index (χ4v) is 5.48. The summed E-state index contributed by atoms with van der Waals surface area (Å²) in [6.07, 6.45) is 6.46. The van der Waals surface area contributed by atoms with Crippen LogP contribution < -0.4 is 19.6 Å². The van der Waals surface area contributed by atoms with Crippen LogP contribution in [-0.4, -0.2) is 37.6 Å². The van der Waals surface area contributed by atoms with Gasteiger partial charge in [-0.15, -0.1) is 5.10 Å². The van der Waals surface area contributed by atoms with E-state index in [4.69, 9.17) is 14.6 Å². The van der Waals surface area contributed by atoms with Gasteiger partial charge in [-0.05, 0) is 79.6 Å². The molecule has 6 aromatic rings. The highest BCUT2D eigenvalue weighted by Gasteiger charge is 2.16. The summed E-state index contributed by atoms with van der Waals surface area (Å²) in [5, 5.41) is 9.45. The average Bonchev–Trinajstić information content (AvgIpc) is 3.71. The summed E-state index contributed by atoms with van der Waals surface area (Å²) in [5.74, 6) is 2.05. The van der Waals surface area contributed by atoms with Gasteiger partial charge in [-0.2, -0.15) is 14.6 Å². The van der Waals surface area contributed by atoms with Crippen molar-refractivity contribution in [2.45, 2.75) is 20.3 Å². The van der Waals surface area contributed by atoms with E-state index in [0.29, 0.717) is 28.5 Å². The van der Waals surface area contributed by atoms with E-state index in [1.54, 1.807) is 6.08 Å². The van der Waals surface area contributed by atoms with Crippen molar-refractivity contribution in [2.24, 2.45) is 0 Å². The third kappa shape index (κ3) is 5.46. The van der Waals surface area contributed by atoms with E-state index < -0.39 is 0 Å². The van der Waals surface area contributed by atoms with E-state index >= 15 is 0 Å². The maximum Gasteiger partial charge on any atom is 0.291 e. The summed E-state index contributed by atoms with van der Waals surface area (Å²) in [5.41, 5.74) is 5.04. The molecule has 0 atom stereocenters. The van der Waals surface area contributed by atoms with E-state index in [2.05, 4.69) is 23.6 Å². The van der Waals surface area contributed by atoms with Crippen LogP contribution in [0.5, 0.6) is 11.5 Å². The first-order valence-corrected chi connectivity index (χ1v) is 14.5. The van der Waals surface area contributed by atoms with Gasteiger partial charge in [0.15, 0.2) is 5.82 Å². The van der Waals surface area contributed by atoms with Gasteiger partial charge in [0.2, 0.25) is 4.96 Å². The molecule has 0 unspecified atom stereocenters. The molecule has 42 heavy (non-hydrogen) atoms. The summed E-state index contributed by atoms with van der Waals surface area (Å²) in [4.78, 5) is 18.6. The lowest BCUT2D eigenvalue weighted by Crippen LogP contribution is -2.23. The van der Waals surface area contributed by atoms with Gasteiger partial charge in [0.25, 0.3) is 5.56 Å². The van der Waals surface area contributed by atoms with Crippen LogP contribution in [0.4, 0.5) is 0 Å². The molecule has 0 aliphatic carbocycles. The number of hydrogen-bond donors (Lipinski definition) is 0. The highest BCUT2D eigenvalue weighted by molar-refractivity contribution is 7.15. The first-order chi connectivity index (χ1) is 20.5. The maximum atomic E-state index is 13.5. The normalized spacial score (nSPS) is 11.7. The summed E-state index contributed by atoms with van der Waals surface area (Å²) in [6.45, 7) is 8.90. The third-order valence-corrected chi connectivity index (χ3v) is 7.60. The molecule has 0 saturated carbocycles. The summed E-state index contributed by atoms with van der Waals surface area (Å²) < 4.78 is 15.1. The predicted octanol–water partition coefficient (Wildman–Crippen LogP) is 5.88. The number of benzene rings is 3. The molecule has 0 fully saturated rings. The van der Waals surface area contributed by atoms with Gasteiger partial charge in [-0.3, -0.25) is 4.79 Å². The van der Waals surface area contributed by atoms with E-state index in [1.165, 1.54) is 15.9 Å². The number of nitrogens with zero attached hydrogens (tertiary/aromatic N) is 5. The minimum Gasteiger partial charge on any atom is -0.494 e. The van der Waals surface area contributed by atoms with Crippen molar-refractivity contribution in [2.75, 3.05) is 13.2 Å². The van der Waals surface area contributed by atoms with E-state index in [-0.39, 0.29) is 5.56 Å². The molecule has 0 aliphatic rings. The van der Waals surface area contributed by atoms with Crippen LogP contribution in [-0.2, 0) is 0 Å². The third-order valence-electron chi connectivity index (χ3n) is 6.64. The second-order valence-corrected chi connectivity index (χ2v) is 10.7. The molecule has 0 saturated heterocycles. The molecule has 3 aromatic carbocycles. The quantitative estimate of drug-likeness (QED) is 0.190. The molecule has 9 heteroatoms. The number of ether oxygens (including phenoxy) is 2. The van der Waals surface area contributed by atoms with Crippen LogP contribution in [0.1, 0.15) is 24.5 Å². The Morgan fingerprint density at radius 2 is 1.76 bits per heavy atom. The number of rotatable bonds is 10. The first-order valence-electron chi connectivity index (χ1n) is 13.7. The topological polar surface area (TPSA) is 83.5 Å². The van der Waals surface area contributed by atoms with Crippen molar-refractivity contribution < 1.29 is 9.47 Å². The zero-order chi connectivity index (χ0) is 29.1. The average molecular weight is 576 g/mol. The van der Waals surface area contributed by atoms with Crippen molar-refractivity contribution in [1.82, 2.24) is 24.4 Å². The summed E-state index contributed by atoms with van der Waals surface area (Å²) in [6, 6.07) is 23.4. The van der Waals surface area contributed by atoms with Crippen LogP contribution >= 0.6 is 11.3 Å². The standard InChI is InChI=1S/C33H29N5O3S/c1-4-17-40-26-13-11-23(12-14-26)31-34-33-38(36-31)32(39)29(42-33)20-24-21-37(25-9-7-6-8-10-25)35-30(24)28-16-15-27(19-22(28)3)41-18-5-2/h5-16,19-21H,2,4,17-18H2,1,3H3. The number of fused-ring (bicyclic) bond motifs is 1. The first kappa shape index (κ1) is 27.2. The predicted molar refractivity (Wildman–Crippen MR) is 167 cm³/mol. The van der Waals surface area contributed by atoms with Crippen LogP contribution in [0.15, 0.2) is 96.4 Å². The monoisotopic (exact) mass is 575 g/mol. The molecule has 210 valence electrons. The number of para-hydroxylation sites is 1. The van der Waals surface area contributed by atoms with Crippen LogP contribution in [0.2, 0.25) is 0 Å². The highest BCUT2D eigenvalue weighted by atomic mass is 32.1. The summed E-state index contributed by atoms with van der Waals surface area (Å²) in [7, 11) is 0. The number of aryl methyl sites for hydroxylation is 1. The smallest absolute Gasteiger partial charge is 0.291 e. The molecular formula is C33H29N5O3S. The van der Waals surface area contributed by atoms with Crippen molar-refractivity contribution in [3.05, 3.63) is 118 Å². The Morgan fingerprint density at radius 1 is 0.976 bits per heavy atom. The Morgan fingerprint density at radius 3 is 2.48 bits per heavy atom. The zero-order valence-corrected chi connectivity index (χ0v) is 24.2. The Kier molecular flexibility index (Phi) is 7.66. The minimum atomic E-state index is -0.222. The molecule has 0 aliphatic heterocycles. The Bertz CT molecular complexity index is 1970. The SMILES string of the molecule is C=CCOc1ccc(-c2nn(-c3ccccc3)cc2C=c2sc3nc(-c4ccc(OCCC)cc4)nn3c2=O)c(C)c1. The van der Waals surface area contributed by atoms with E-state index in [0.717, 1.165) is 51.6 Å². The van der Waals surface area contributed by atoms with Crippen LogP contribution in [0.25, 0.3) is 39.4 Å². The molecule has 0 radical (unpaired) electrons. The lowest BCUT2D eigenvalue weighted by Gasteiger charge is -2.08. The maximum absolute atomic E-state index is 13.5. The Balaban J connectivity index is 1.40. The van der Waals surface area contributed by atoms with Gasteiger partial charge in [0.05, 0.1) is 16.8 Å². The largest absolute Gasteiger partial charge is 0.494 e. The fraction of sp³-hybridized carbons (Fsp3) is 0.152. The molecule has 0 spiro atoms. The summed E-state index contributed by atoms with van der Waals surface area (Å²) >= 11 is 1.30. The van der Waals surface area contributed by atoms with Gasteiger partial charge >= 0.3 is 0 Å². The van der Waals surface area contributed by atoms with Crippen molar-refractivity contribution in [1.29, 1.82) is 0 Å².